The quantitative estimate of drug-likeness (QED) is 0.439. The summed E-state index contributed by atoms with van der Waals surface area (Å²) >= 11 is 0. The first-order valence-electron chi connectivity index (χ1n) is 9.43. The number of amides is 1. The molecule has 0 aliphatic rings. The first-order valence-corrected chi connectivity index (χ1v) is 9.43. The Labute approximate surface area is 174 Å². The zero-order valence-corrected chi connectivity index (χ0v) is 16.9. The van der Waals surface area contributed by atoms with Gasteiger partial charge in [0.25, 0.3) is 5.91 Å². The highest BCUT2D eigenvalue weighted by Crippen LogP contribution is 2.16. The SMILES string of the molecule is COc1ccc(OCC(=O)NCCNc2ccc(Nc3ccc(C)cn3)nn2)cc1. The normalized spacial score (nSPS) is 10.2. The van der Waals surface area contributed by atoms with Crippen LogP contribution < -0.4 is 25.4 Å². The lowest BCUT2D eigenvalue weighted by Crippen LogP contribution is -2.32. The Kier molecular flexibility index (Phi) is 7.37. The minimum Gasteiger partial charge on any atom is -0.497 e. The van der Waals surface area contributed by atoms with Gasteiger partial charge in [0.1, 0.15) is 23.1 Å². The average molecular weight is 408 g/mol. The van der Waals surface area contributed by atoms with Crippen LogP contribution in [0.15, 0.2) is 54.7 Å². The Morgan fingerprint density at radius 3 is 2.27 bits per heavy atom. The summed E-state index contributed by atoms with van der Waals surface area (Å²) in [6, 6.07) is 14.5. The van der Waals surface area contributed by atoms with Gasteiger partial charge in [0.05, 0.1) is 7.11 Å². The van der Waals surface area contributed by atoms with E-state index in [1.807, 2.05) is 19.1 Å². The smallest absolute Gasteiger partial charge is 0.258 e. The minimum absolute atomic E-state index is 0.0560. The van der Waals surface area contributed by atoms with E-state index in [1.165, 1.54) is 0 Å². The highest BCUT2D eigenvalue weighted by atomic mass is 16.5. The van der Waals surface area contributed by atoms with Crippen molar-refractivity contribution in [3.8, 4) is 11.5 Å². The number of methoxy groups -OCH3 is 1. The third kappa shape index (κ3) is 6.62. The van der Waals surface area contributed by atoms with Crippen LogP contribution >= 0.6 is 0 Å². The number of nitrogens with zero attached hydrogens (tertiary/aromatic N) is 3. The lowest BCUT2D eigenvalue weighted by molar-refractivity contribution is -0.123. The van der Waals surface area contributed by atoms with Crippen LogP contribution in [0.2, 0.25) is 0 Å². The fourth-order valence-electron chi connectivity index (χ4n) is 2.43. The fraction of sp³-hybridized carbons (Fsp3) is 0.238. The summed E-state index contributed by atoms with van der Waals surface area (Å²) in [5, 5.41) is 17.2. The van der Waals surface area contributed by atoms with Gasteiger partial charge in [-0.25, -0.2) is 4.98 Å². The molecule has 9 nitrogen and oxygen atoms in total. The molecular formula is C21H24N6O3. The molecule has 0 unspecified atom stereocenters. The molecule has 30 heavy (non-hydrogen) atoms. The van der Waals surface area contributed by atoms with Crippen molar-refractivity contribution < 1.29 is 14.3 Å². The summed E-state index contributed by atoms with van der Waals surface area (Å²) in [5.41, 5.74) is 1.09. The van der Waals surface area contributed by atoms with Crippen molar-refractivity contribution in [1.29, 1.82) is 0 Å². The van der Waals surface area contributed by atoms with Crippen molar-refractivity contribution in [2.24, 2.45) is 0 Å². The highest BCUT2D eigenvalue weighted by Gasteiger charge is 2.03. The fourth-order valence-corrected chi connectivity index (χ4v) is 2.43. The van der Waals surface area contributed by atoms with Crippen molar-refractivity contribution in [2.45, 2.75) is 6.92 Å². The Balaban J connectivity index is 1.33. The van der Waals surface area contributed by atoms with Gasteiger partial charge >= 0.3 is 0 Å². The third-order valence-corrected chi connectivity index (χ3v) is 4.01. The molecule has 3 aromatic rings. The predicted octanol–water partition coefficient (Wildman–Crippen LogP) is 2.54. The molecule has 2 aromatic heterocycles. The van der Waals surface area contributed by atoms with Gasteiger partial charge < -0.3 is 25.4 Å². The van der Waals surface area contributed by atoms with E-state index in [1.54, 1.807) is 49.7 Å². The second kappa shape index (κ2) is 10.6. The standard InChI is InChI=1S/C21H24N6O3/c1-15-3-8-18(24-13-15)25-20-10-9-19(26-27-20)22-11-12-23-21(28)14-30-17-6-4-16(29-2)5-7-17/h3-10,13H,11-12,14H2,1-2H3,(H,22,26)(H,23,28)(H,24,25,27). The van der Waals surface area contributed by atoms with Gasteiger partial charge in [0, 0.05) is 19.3 Å². The average Bonchev–Trinajstić information content (AvgIpc) is 2.78. The lowest BCUT2D eigenvalue weighted by atomic mass is 10.3. The molecule has 0 saturated heterocycles. The number of pyridine rings is 1. The molecule has 9 heteroatoms. The molecule has 0 fully saturated rings. The van der Waals surface area contributed by atoms with Crippen molar-refractivity contribution >= 4 is 23.4 Å². The zero-order chi connectivity index (χ0) is 21.2. The molecule has 0 aliphatic carbocycles. The van der Waals surface area contributed by atoms with Gasteiger partial charge in [-0.15, -0.1) is 10.2 Å². The number of nitrogens with one attached hydrogen (secondary N) is 3. The molecule has 0 saturated carbocycles. The number of aromatic nitrogens is 3. The molecule has 0 aliphatic heterocycles. The van der Waals surface area contributed by atoms with E-state index >= 15 is 0 Å². The molecule has 0 atom stereocenters. The zero-order valence-electron chi connectivity index (χ0n) is 16.9. The third-order valence-electron chi connectivity index (χ3n) is 4.01. The van der Waals surface area contributed by atoms with Crippen LogP contribution in [-0.2, 0) is 4.79 Å². The number of aryl methyl sites for hydroxylation is 1. The summed E-state index contributed by atoms with van der Waals surface area (Å²) in [7, 11) is 1.59. The van der Waals surface area contributed by atoms with Gasteiger partial charge in [-0.05, 0) is 55.0 Å². The summed E-state index contributed by atoms with van der Waals surface area (Å²) in [4.78, 5) is 16.1. The van der Waals surface area contributed by atoms with Crippen LogP contribution in [0, 0.1) is 6.92 Å². The van der Waals surface area contributed by atoms with E-state index in [9.17, 15) is 4.79 Å². The number of ether oxygens (including phenoxy) is 2. The summed E-state index contributed by atoms with van der Waals surface area (Å²) in [5.74, 6) is 3.05. The lowest BCUT2D eigenvalue weighted by Gasteiger charge is -2.09. The van der Waals surface area contributed by atoms with E-state index in [2.05, 4.69) is 31.1 Å². The molecule has 156 valence electrons. The number of benzene rings is 1. The highest BCUT2D eigenvalue weighted by molar-refractivity contribution is 5.77. The van der Waals surface area contributed by atoms with Crippen molar-refractivity contribution in [3.63, 3.8) is 0 Å². The Hall–Kier alpha value is -3.88. The molecule has 3 rings (SSSR count). The number of carbonyl (C=O) groups excluding carboxylic acids is 1. The maximum absolute atomic E-state index is 11.9. The maximum atomic E-state index is 11.9. The molecule has 3 N–H and O–H groups in total. The van der Waals surface area contributed by atoms with Crippen molar-refractivity contribution in [2.75, 3.05) is 37.4 Å². The van der Waals surface area contributed by atoms with E-state index in [0.29, 0.717) is 36.3 Å². The Morgan fingerprint density at radius 1 is 0.900 bits per heavy atom. The van der Waals surface area contributed by atoms with Crippen LogP contribution in [0.3, 0.4) is 0 Å². The van der Waals surface area contributed by atoms with Crippen LogP contribution in [0.25, 0.3) is 0 Å². The van der Waals surface area contributed by atoms with Gasteiger partial charge in [0.15, 0.2) is 12.4 Å². The monoisotopic (exact) mass is 408 g/mol. The second-order valence-corrected chi connectivity index (χ2v) is 6.39. The molecule has 0 radical (unpaired) electrons. The largest absolute Gasteiger partial charge is 0.497 e. The van der Waals surface area contributed by atoms with Gasteiger partial charge in [-0.1, -0.05) is 6.07 Å². The molecular weight excluding hydrogens is 384 g/mol. The van der Waals surface area contributed by atoms with Crippen LogP contribution in [0.5, 0.6) is 11.5 Å². The number of anilines is 3. The summed E-state index contributed by atoms with van der Waals surface area (Å²) < 4.78 is 10.5. The second-order valence-electron chi connectivity index (χ2n) is 6.39. The molecule has 1 amide bonds. The minimum atomic E-state index is -0.205. The maximum Gasteiger partial charge on any atom is 0.258 e. The van der Waals surface area contributed by atoms with Crippen molar-refractivity contribution in [3.05, 3.63) is 60.3 Å². The Morgan fingerprint density at radius 2 is 1.60 bits per heavy atom. The molecule has 0 spiro atoms. The van der Waals surface area contributed by atoms with Gasteiger partial charge in [-0.2, -0.15) is 0 Å². The van der Waals surface area contributed by atoms with Crippen LogP contribution in [-0.4, -0.2) is 47.9 Å². The van der Waals surface area contributed by atoms with E-state index in [0.717, 1.165) is 11.3 Å². The summed E-state index contributed by atoms with van der Waals surface area (Å²) in [6.07, 6.45) is 1.78. The molecule has 0 bridgehead atoms. The first-order chi connectivity index (χ1) is 14.6. The first kappa shape index (κ1) is 20.8. The van der Waals surface area contributed by atoms with Gasteiger partial charge in [0.2, 0.25) is 0 Å². The summed E-state index contributed by atoms with van der Waals surface area (Å²) in [6.45, 7) is 2.86. The predicted molar refractivity (Wildman–Crippen MR) is 114 cm³/mol. The molecule has 1 aromatic carbocycles. The number of hydrogen-bond donors (Lipinski definition) is 3. The van der Waals surface area contributed by atoms with Crippen molar-refractivity contribution in [1.82, 2.24) is 20.5 Å². The van der Waals surface area contributed by atoms with E-state index in [-0.39, 0.29) is 12.5 Å². The molecule has 2 heterocycles. The van der Waals surface area contributed by atoms with E-state index < -0.39 is 0 Å². The topological polar surface area (TPSA) is 110 Å². The van der Waals surface area contributed by atoms with Crippen LogP contribution in [0.1, 0.15) is 5.56 Å². The van der Waals surface area contributed by atoms with E-state index in [4.69, 9.17) is 9.47 Å². The number of carbonyl (C=O) groups is 1. The number of rotatable bonds is 10. The number of hydrogen-bond acceptors (Lipinski definition) is 8. The van der Waals surface area contributed by atoms with Crippen LogP contribution in [0.4, 0.5) is 17.5 Å². The van der Waals surface area contributed by atoms with Gasteiger partial charge in [-0.3, -0.25) is 4.79 Å². The Bertz CT molecular complexity index is 930.